The lowest BCUT2D eigenvalue weighted by Crippen LogP contribution is -2.45. The Kier molecular flexibility index (Phi) is 7.88. The van der Waals surface area contributed by atoms with E-state index >= 15 is 0 Å². The fraction of sp³-hybridized carbons (Fsp3) is 0.286. The SMILES string of the molecule is CC(C)CCNC(=O)C(c1ccccc1)N(Cc1ccccc1)C(=O)Cn1nnc2ccccc21. The number of para-hydroxylation sites is 1. The molecule has 0 aliphatic carbocycles. The van der Waals surface area contributed by atoms with Crippen molar-refractivity contribution in [1.82, 2.24) is 25.2 Å². The number of carbonyl (C=O) groups is 2. The summed E-state index contributed by atoms with van der Waals surface area (Å²) in [6.45, 7) is 5.07. The van der Waals surface area contributed by atoms with Crippen LogP contribution in [0, 0.1) is 5.92 Å². The summed E-state index contributed by atoms with van der Waals surface area (Å²) < 4.78 is 1.59. The average Bonchev–Trinajstić information content (AvgIpc) is 3.27. The van der Waals surface area contributed by atoms with Gasteiger partial charge in [0.25, 0.3) is 0 Å². The van der Waals surface area contributed by atoms with E-state index in [1.54, 1.807) is 9.58 Å². The van der Waals surface area contributed by atoms with Gasteiger partial charge in [-0.25, -0.2) is 4.68 Å². The lowest BCUT2D eigenvalue weighted by Gasteiger charge is -2.31. The van der Waals surface area contributed by atoms with Crippen molar-refractivity contribution in [2.24, 2.45) is 5.92 Å². The Morgan fingerprint density at radius 1 is 0.914 bits per heavy atom. The second-order valence-corrected chi connectivity index (χ2v) is 9.03. The number of hydrogen-bond acceptors (Lipinski definition) is 4. The van der Waals surface area contributed by atoms with Crippen LogP contribution in [-0.4, -0.2) is 38.3 Å². The van der Waals surface area contributed by atoms with Crippen molar-refractivity contribution >= 4 is 22.8 Å². The molecule has 35 heavy (non-hydrogen) atoms. The minimum absolute atomic E-state index is 0.0179. The van der Waals surface area contributed by atoms with Gasteiger partial charge >= 0.3 is 0 Å². The highest BCUT2D eigenvalue weighted by Gasteiger charge is 2.32. The molecule has 1 aromatic heterocycles. The van der Waals surface area contributed by atoms with Gasteiger partial charge in [0, 0.05) is 13.1 Å². The highest BCUT2D eigenvalue weighted by Crippen LogP contribution is 2.25. The molecule has 0 bridgehead atoms. The molecule has 0 aliphatic rings. The molecule has 7 nitrogen and oxygen atoms in total. The van der Waals surface area contributed by atoms with Crippen LogP contribution in [0.15, 0.2) is 84.9 Å². The molecule has 3 aromatic carbocycles. The molecule has 7 heteroatoms. The maximum absolute atomic E-state index is 13.8. The smallest absolute Gasteiger partial charge is 0.247 e. The summed E-state index contributed by atoms with van der Waals surface area (Å²) in [5.74, 6) is 0.0649. The standard InChI is InChI=1S/C28H31N5O2/c1-21(2)17-18-29-28(35)27(23-13-7-4-8-14-23)32(19-22-11-5-3-6-12-22)26(34)20-33-25-16-10-9-15-24(25)30-31-33/h3-16,21,27H,17-20H2,1-2H3,(H,29,35). The van der Waals surface area contributed by atoms with Crippen molar-refractivity contribution in [3.8, 4) is 0 Å². The first kappa shape index (κ1) is 24.1. The number of carbonyl (C=O) groups excluding carboxylic acids is 2. The molecular weight excluding hydrogens is 438 g/mol. The Balaban J connectivity index is 1.68. The number of aromatic nitrogens is 3. The van der Waals surface area contributed by atoms with Crippen LogP contribution in [-0.2, 0) is 22.7 Å². The number of nitrogens with zero attached hydrogens (tertiary/aromatic N) is 4. The Labute approximate surface area is 205 Å². The first-order chi connectivity index (χ1) is 17.0. The Hall–Kier alpha value is -4.00. The van der Waals surface area contributed by atoms with Crippen molar-refractivity contribution in [2.45, 2.75) is 39.4 Å². The summed E-state index contributed by atoms with van der Waals surface area (Å²) >= 11 is 0. The van der Waals surface area contributed by atoms with E-state index in [0.717, 1.165) is 28.6 Å². The van der Waals surface area contributed by atoms with Gasteiger partial charge in [0.1, 0.15) is 18.1 Å². The van der Waals surface area contributed by atoms with Gasteiger partial charge in [-0.3, -0.25) is 9.59 Å². The van der Waals surface area contributed by atoms with Crippen molar-refractivity contribution < 1.29 is 9.59 Å². The number of fused-ring (bicyclic) bond motifs is 1. The minimum Gasteiger partial charge on any atom is -0.354 e. The quantitative estimate of drug-likeness (QED) is 0.374. The summed E-state index contributed by atoms with van der Waals surface area (Å²) in [5.41, 5.74) is 3.21. The zero-order valence-electron chi connectivity index (χ0n) is 20.2. The van der Waals surface area contributed by atoms with E-state index in [1.807, 2.05) is 84.9 Å². The summed E-state index contributed by atoms with van der Waals surface area (Å²) in [7, 11) is 0. The highest BCUT2D eigenvalue weighted by molar-refractivity contribution is 5.89. The fourth-order valence-electron chi connectivity index (χ4n) is 4.05. The lowest BCUT2D eigenvalue weighted by atomic mass is 10.0. The predicted octanol–water partition coefficient (Wildman–Crippen LogP) is 4.36. The molecule has 0 spiro atoms. The number of amides is 2. The summed E-state index contributed by atoms with van der Waals surface area (Å²) in [5, 5.41) is 11.4. The predicted molar refractivity (Wildman–Crippen MR) is 136 cm³/mol. The molecule has 1 unspecified atom stereocenters. The zero-order chi connectivity index (χ0) is 24.6. The Morgan fingerprint density at radius 3 is 2.29 bits per heavy atom. The van der Waals surface area contributed by atoms with E-state index in [4.69, 9.17) is 0 Å². The van der Waals surface area contributed by atoms with Crippen molar-refractivity contribution in [3.63, 3.8) is 0 Å². The monoisotopic (exact) mass is 469 g/mol. The van der Waals surface area contributed by atoms with Crippen molar-refractivity contribution in [1.29, 1.82) is 0 Å². The zero-order valence-corrected chi connectivity index (χ0v) is 20.2. The molecule has 1 N–H and O–H groups in total. The van der Waals surface area contributed by atoms with Gasteiger partial charge in [-0.05, 0) is 35.6 Å². The van der Waals surface area contributed by atoms with E-state index < -0.39 is 6.04 Å². The fourth-order valence-corrected chi connectivity index (χ4v) is 4.05. The molecule has 180 valence electrons. The first-order valence-corrected chi connectivity index (χ1v) is 12.0. The third kappa shape index (κ3) is 6.12. The third-order valence-corrected chi connectivity index (χ3v) is 5.92. The molecule has 0 fully saturated rings. The van der Waals surface area contributed by atoms with Crippen molar-refractivity contribution in [3.05, 3.63) is 96.1 Å². The Morgan fingerprint density at radius 2 is 1.57 bits per heavy atom. The molecule has 1 heterocycles. The second kappa shape index (κ2) is 11.4. The van der Waals surface area contributed by atoms with Gasteiger partial charge in [0.15, 0.2) is 0 Å². The lowest BCUT2D eigenvalue weighted by molar-refractivity contribution is -0.142. The van der Waals surface area contributed by atoms with Crippen LogP contribution in [0.4, 0.5) is 0 Å². The minimum atomic E-state index is -0.772. The van der Waals surface area contributed by atoms with Gasteiger partial charge in [-0.1, -0.05) is 91.9 Å². The maximum Gasteiger partial charge on any atom is 0.247 e. The number of benzene rings is 3. The van der Waals surface area contributed by atoms with Crippen LogP contribution in [0.5, 0.6) is 0 Å². The summed E-state index contributed by atoms with van der Waals surface area (Å²) in [4.78, 5) is 29.0. The van der Waals surface area contributed by atoms with Crippen LogP contribution < -0.4 is 5.32 Å². The van der Waals surface area contributed by atoms with Crippen LogP contribution >= 0.6 is 0 Å². The second-order valence-electron chi connectivity index (χ2n) is 9.03. The van der Waals surface area contributed by atoms with Crippen LogP contribution in [0.25, 0.3) is 11.0 Å². The molecule has 4 rings (SSSR count). The van der Waals surface area contributed by atoms with Crippen molar-refractivity contribution in [2.75, 3.05) is 6.54 Å². The van der Waals surface area contributed by atoms with Gasteiger partial charge in [0.2, 0.25) is 11.8 Å². The van der Waals surface area contributed by atoms with E-state index in [2.05, 4.69) is 29.5 Å². The molecule has 4 aromatic rings. The van der Waals surface area contributed by atoms with Crippen LogP contribution in [0.1, 0.15) is 37.4 Å². The molecule has 0 saturated carbocycles. The number of rotatable bonds is 10. The Bertz CT molecular complexity index is 1250. The van der Waals surface area contributed by atoms with Gasteiger partial charge in [-0.15, -0.1) is 5.10 Å². The normalized spacial score (nSPS) is 12.0. The number of hydrogen-bond donors (Lipinski definition) is 1. The maximum atomic E-state index is 13.8. The average molecular weight is 470 g/mol. The molecule has 2 amide bonds. The van der Waals surface area contributed by atoms with E-state index in [9.17, 15) is 9.59 Å². The van der Waals surface area contributed by atoms with Crippen LogP contribution in [0.2, 0.25) is 0 Å². The number of nitrogens with one attached hydrogen (secondary N) is 1. The van der Waals surface area contributed by atoms with Crippen LogP contribution in [0.3, 0.4) is 0 Å². The molecule has 0 radical (unpaired) electrons. The van der Waals surface area contributed by atoms with E-state index in [0.29, 0.717) is 19.0 Å². The van der Waals surface area contributed by atoms with E-state index in [1.165, 1.54) is 0 Å². The largest absolute Gasteiger partial charge is 0.354 e. The molecule has 0 saturated heterocycles. The van der Waals surface area contributed by atoms with Gasteiger partial charge in [0.05, 0.1) is 5.52 Å². The van der Waals surface area contributed by atoms with Gasteiger partial charge in [-0.2, -0.15) is 0 Å². The van der Waals surface area contributed by atoms with E-state index in [-0.39, 0.29) is 18.4 Å². The summed E-state index contributed by atoms with van der Waals surface area (Å²) in [6, 6.07) is 25.9. The molecule has 1 atom stereocenters. The topological polar surface area (TPSA) is 80.1 Å². The highest BCUT2D eigenvalue weighted by atomic mass is 16.2. The molecule has 0 aliphatic heterocycles. The third-order valence-electron chi connectivity index (χ3n) is 5.92. The molecular formula is C28H31N5O2. The summed E-state index contributed by atoms with van der Waals surface area (Å²) in [6.07, 6.45) is 0.866. The van der Waals surface area contributed by atoms with Gasteiger partial charge < -0.3 is 10.2 Å². The first-order valence-electron chi connectivity index (χ1n) is 12.0.